The zero-order chi connectivity index (χ0) is 16.3. The van der Waals surface area contributed by atoms with E-state index in [2.05, 4.69) is 55.6 Å². The van der Waals surface area contributed by atoms with E-state index in [1.165, 1.54) is 21.7 Å². The highest BCUT2D eigenvalue weighted by molar-refractivity contribution is 7.98. The highest BCUT2D eigenvalue weighted by atomic mass is 32.2. The fourth-order valence-electron chi connectivity index (χ4n) is 2.78. The monoisotopic (exact) mass is 319 g/mol. The Morgan fingerprint density at radius 1 is 1.36 bits per heavy atom. The molecular formula is C17H25N3OS. The van der Waals surface area contributed by atoms with Crippen LogP contribution in [0.4, 0.5) is 0 Å². The molecule has 0 spiro atoms. The summed E-state index contributed by atoms with van der Waals surface area (Å²) in [4.78, 5) is 1.17. The molecule has 2 aromatic rings. The maximum atomic E-state index is 5.45. The molecule has 4 nitrogen and oxygen atoms in total. The minimum atomic E-state index is 0.264. The maximum absolute atomic E-state index is 5.45. The van der Waals surface area contributed by atoms with Crippen molar-refractivity contribution in [2.24, 2.45) is 7.05 Å². The Labute approximate surface area is 137 Å². The lowest BCUT2D eigenvalue weighted by Crippen LogP contribution is -2.19. The fourth-order valence-corrected chi connectivity index (χ4v) is 3.33. The molecule has 1 aromatic carbocycles. The average molecular weight is 319 g/mol. The third-order valence-electron chi connectivity index (χ3n) is 4.06. The molecule has 1 N–H and O–H groups in total. The number of nitrogens with zero attached hydrogens (tertiary/aromatic N) is 2. The van der Waals surface area contributed by atoms with E-state index in [1.54, 1.807) is 18.9 Å². The van der Waals surface area contributed by atoms with Gasteiger partial charge >= 0.3 is 0 Å². The molecule has 1 aromatic heterocycles. The first kappa shape index (κ1) is 16.9. The van der Waals surface area contributed by atoms with Gasteiger partial charge in [-0.1, -0.05) is 6.07 Å². The quantitative estimate of drug-likeness (QED) is 0.826. The van der Waals surface area contributed by atoms with E-state index in [1.807, 2.05) is 11.7 Å². The van der Waals surface area contributed by atoms with Gasteiger partial charge < -0.3 is 10.1 Å². The fraction of sp³-hybridized carbons (Fsp3) is 0.471. The van der Waals surface area contributed by atoms with Crippen molar-refractivity contribution in [1.82, 2.24) is 15.1 Å². The van der Waals surface area contributed by atoms with E-state index in [9.17, 15) is 0 Å². The minimum absolute atomic E-state index is 0.264. The molecule has 0 bridgehead atoms. The molecule has 0 saturated heterocycles. The standard InChI is InChI=1S/C17H25N3OS/c1-11(17-12(2)19-20(4)13(17)3)18-10-14-7-8-16(22-6)15(9-14)21-5/h7-9,11,18H,10H2,1-6H3. The largest absolute Gasteiger partial charge is 0.496 e. The van der Waals surface area contributed by atoms with Crippen molar-refractivity contribution < 1.29 is 4.74 Å². The van der Waals surface area contributed by atoms with E-state index >= 15 is 0 Å². The van der Waals surface area contributed by atoms with Gasteiger partial charge in [-0.15, -0.1) is 11.8 Å². The average Bonchev–Trinajstić information content (AvgIpc) is 2.77. The van der Waals surface area contributed by atoms with Crippen molar-refractivity contribution in [2.75, 3.05) is 13.4 Å². The van der Waals surface area contributed by atoms with E-state index in [4.69, 9.17) is 4.74 Å². The van der Waals surface area contributed by atoms with Gasteiger partial charge in [-0.3, -0.25) is 4.68 Å². The highest BCUT2D eigenvalue weighted by Gasteiger charge is 2.16. The van der Waals surface area contributed by atoms with Gasteiger partial charge in [0, 0.05) is 35.8 Å². The van der Waals surface area contributed by atoms with E-state index < -0.39 is 0 Å². The van der Waals surface area contributed by atoms with Crippen molar-refractivity contribution in [3.05, 3.63) is 40.7 Å². The van der Waals surface area contributed by atoms with E-state index in [0.29, 0.717) is 0 Å². The third-order valence-corrected chi connectivity index (χ3v) is 4.84. The molecule has 0 radical (unpaired) electrons. The van der Waals surface area contributed by atoms with Crippen LogP contribution in [-0.4, -0.2) is 23.1 Å². The minimum Gasteiger partial charge on any atom is -0.496 e. The van der Waals surface area contributed by atoms with Gasteiger partial charge in [0.2, 0.25) is 0 Å². The number of hydrogen-bond acceptors (Lipinski definition) is 4. The number of benzene rings is 1. The lowest BCUT2D eigenvalue weighted by atomic mass is 10.1. The summed E-state index contributed by atoms with van der Waals surface area (Å²) in [5, 5.41) is 8.07. The molecule has 1 heterocycles. The van der Waals surface area contributed by atoms with Crippen molar-refractivity contribution in [2.45, 2.75) is 38.3 Å². The zero-order valence-electron chi connectivity index (χ0n) is 14.2. The van der Waals surface area contributed by atoms with Gasteiger partial charge in [-0.2, -0.15) is 5.10 Å². The summed E-state index contributed by atoms with van der Waals surface area (Å²) < 4.78 is 7.39. The Balaban J connectivity index is 2.09. The first-order valence-corrected chi connectivity index (χ1v) is 8.64. The van der Waals surface area contributed by atoms with Crippen molar-refractivity contribution >= 4 is 11.8 Å². The summed E-state index contributed by atoms with van der Waals surface area (Å²) >= 11 is 1.70. The van der Waals surface area contributed by atoms with Crippen LogP contribution in [0.2, 0.25) is 0 Å². The number of nitrogens with one attached hydrogen (secondary N) is 1. The molecule has 0 amide bonds. The molecule has 1 unspecified atom stereocenters. The number of hydrogen-bond donors (Lipinski definition) is 1. The number of methoxy groups -OCH3 is 1. The Morgan fingerprint density at radius 3 is 2.64 bits per heavy atom. The number of aryl methyl sites for hydroxylation is 2. The molecule has 0 fully saturated rings. The van der Waals surface area contributed by atoms with Gasteiger partial charge in [0.1, 0.15) is 5.75 Å². The maximum Gasteiger partial charge on any atom is 0.132 e. The van der Waals surface area contributed by atoms with E-state index in [0.717, 1.165) is 18.0 Å². The third kappa shape index (κ3) is 3.47. The van der Waals surface area contributed by atoms with Crippen LogP contribution < -0.4 is 10.1 Å². The first-order chi connectivity index (χ1) is 10.5. The second kappa shape index (κ2) is 7.20. The molecule has 120 valence electrons. The summed E-state index contributed by atoms with van der Waals surface area (Å²) in [6.07, 6.45) is 2.06. The van der Waals surface area contributed by atoms with Crippen molar-refractivity contribution in [1.29, 1.82) is 0 Å². The highest BCUT2D eigenvalue weighted by Crippen LogP contribution is 2.28. The number of aromatic nitrogens is 2. The van der Waals surface area contributed by atoms with Gasteiger partial charge in [0.15, 0.2) is 0 Å². The SMILES string of the molecule is COc1cc(CNC(C)c2c(C)nn(C)c2C)ccc1SC. The topological polar surface area (TPSA) is 39.1 Å². The summed E-state index contributed by atoms with van der Waals surface area (Å²) in [6, 6.07) is 6.64. The second-order valence-corrected chi connectivity index (χ2v) is 6.35. The Morgan fingerprint density at radius 2 is 2.09 bits per heavy atom. The first-order valence-electron chi connectivity index (χ1n) is 7.42. The molecule has 5 heteroatoms. The van der Waals surface area contributed by atoms with Gasteiger partial charge in [-0.25, -0.2) is 0 Å². The number of rotatable bonds is 6. The smallest absolute Gasteiger partial charge is 0.132 e. The zero-order valence-corrected chi connectivity index (χ0v) is 15.0. The number of ether oxygens (including phenoxy) is 1. The van der Waals surface area contributed by atoms with Crippen LogP contribution in [0.1, 0.15) is 35.5 Å². The summed E-state index contributed by atoms with van der Waals surface area (Å²) in [5.41, 5.74) is 4.82. The van der Waals surface area contributed by atoms with Crippen LogP contribution in [0.25, 0.3) is 0 Å². The van der Waals surface area contributed by atoms with Crippen LogP contribution in [0.5, 0.6) is 5.75 Å². The molecule has 0 aliphatic heterocycles. The Bertz CT molecular complexity index is 652. The van der Waals surface area contributed by atoms with Gasteiger partial charge in [-0.05, 0) is 44.7 Å². The second-order valence-electron chi connectivity index (χ2n) is 5.50. The van der Waals surface area contributed by atoms with Gasteiger partial charge in [0.25, 0.3) is 0 Å². The molecule has 1 atom stereocenters. The summed E-state index contributed by atoms with van der Waals surface area (Å²) in [6.45, 7) is 7.17. The molecule has 0 aliphatic carbocycles. The Hall–Kier alpha value is -1.46. The van der Waals surface area contributed by atoms with Crippen molar-refractivity contribution in [3.63, 3.8) is 0 Å². The predicted octanol–water partition coefficient (Wildman–Crippen LogP) is 3.62. The summed E-state index contributed by atoms with van der Waals surface area (Å²) in [7, 11) is 3.71. The van der Waals surface area contributed by atoms with Crippen LogP contribution in [0, 0.1) is 13.8 Å². The van der Waals surface area contributed by atoms with Crippen LogP contribution >= 0.6 is 11.8 Å². The van der Waals surface area contributed by atoms with E-state index in [-0.39, 0.29) is 6.04 Å². The normalized spacial score (nSPS) is 12.5. The van der Waals surface area contributed by atoms with Crippen LogP contribution in [-0.2, 0) is 13.6 Å². The molecular weight excluding hydrogens is 294 g/mol. The lowest BCUT2D eigenvalue weighted by Gasteiger charge is -2.16. The molecule has 0 aliphatic rings. The molecule has 22 heavy (non-hydrogen) atoms. The molecule has 2 rings (SSSR count). The van der Waals surface area contributed by atoms with Gasteiger partial charge in [0.05, 0.1) is 12.8 Å². The number of thioether (sulfide) groups is 1. The summed E-state index contributed by atoms with van der Waals surface area (Å²) in [5.74, 6) is 0.938. The van der Waals surface area contributed by atoms with Crippen molar-refractivity contribution in [3.8, 4) is 5.75 Å². The van der Waals surface area contributed by atoms with Crippen LogP contribution in [0.3, 0.4) is 0 Å². The predicted molar refractivity (Wildman–Crippen MR) is 92.7 cm³/mol. The molecule has 0 saturated carbocycles. The Kier molecular flexibility index (Phi) is 5.53. The van der Waals surface area contributed by atoms with Crippen LogP contribution in [0.15, 0.2) is 23.1 Å². The lowest BCUT2D eigenvalue weighted by molar-refractivity contribution is 0.404.